The fourth-order valence-corrected chi connectivity index (χ4v) is 4.65. The van der Waals surface area contributed by atoms with E-state index in [-0.39, 0.29) is 11.9 Å². The minimum atomic E-state index is 0.0803. The van der Waals surface area contributed by atoms with Crippen LogP contribution < -0.4 is 4.74 Å². The molecule has 4 rings (SSSR count). The van der Waals surface area contributed by atoms with Gasteiger partial charge >= 0.3 is 0 Å². The number of aromatic nitrogens is 2. The molecule has 28 heavy (non-hydrogen) atoms. The number of amides is 1. The van der Waals surface area contributed by atoms with Gasteiger partial charge in [-0.3, -0.25) is 4.79 Å². The van der Waals surface area contributed by atoms with Gasteiger partial charge in [-0.25, -0.2) is 4.98 Å². The maximum absolute atomic E-state index is 13.4. The first kappa shape index (κ1) is 18.7. The fourth-order valence-electron chi connectivity index (χ4n) is 4.03. The number of carbonyl (C=O) groups excluding carboxylic acids is 1. The molecule has 1 saturated heterocycles. The van der Waals surface area contributed by atoms with E-state index in [4.69, 9.17) is 4.74 Å². The second kappa shape index (κ2) is 7.43. The van der Waals surface area contributed by atoms with E-state index in [9.17, 15) is 4.79 Å². The van der Waals surface area contributed by atoms with Gasteiger partial charge in [0.1, 0.15) is 11.4 Å². The minimum Gasteiger partial charge on any atom is -0.496 e. The predicted octanol–water partition coefficient (Wildman–Crippen LogP) is 4.75. The van der Waals surface area contributed by atoms with Crippen molar-refractivity contribution >= 4 is 17.2 Å². The number of likely N-dealkylation sites (tertiary alicyclic amines) is 1. The van der Waals surface area contributed by atoms with Gasteiger partial charge in [0, 0.05) is 30.7 Å². The molecule has 5 nitrogen and oxygen atoms in total. The average Bonchev–Trinajstić information content (AvgIpc) is 3.40. The minimum absolute atomic E-state index is 0.0803. The summed E-state index contributed by atoms with van der Waals surface area (Å²) in [4.78, 5) is 19.9. The van der Waals surface area contributed by atoms with Crippen LogP contribution >= 0.6 is 11.3 Å². The van der Waals surface area contributed by atoms with E-state index in [0.29, 0.717) is 5.69 Å². The summed E-state index contributed by atoms with van der Waals surface area (Å²) in [6.45, 7) is 4.82. The van der Waals surface area contributed by atoms with Crippen LogP contribution in [0.3, 0.4) is 0 Å². The molecule has 3 heterocycles. The van der Waals surface area contributed by atoms with Gasteiger partial charge < -0.3 is 14.2 Å². The van der Waals surface area contributed by atoms with Crippen LogP contribution in [0.25, 0.3) is 11.3 Å². The van der Waals surface area contributed by atoms with Gasteiger partial charge in [0.15, 0.2) is 0 Å². The first-order chi connectivity index (χ1) is 13.5. The molecule has 1 aliphatic heterocycles. The molecule has 1 amide bonds. The van der Waals surface area contributed by atoms with Crippen LogP contribution in [0, 0.1) is 13.8 Å². The Morgan fingerprint density at radius 3 is 2.79 bits per heavy atom. The quantitative estimate of drug-likeness (QED) is 0.640. The number of benzene rings is 1. The third-order valence-electron chi connectivity index (χ3n) is 5.46. The summed E-state index contributed by atoms with van der Waals surface area (Å²) in [6, 6.07) is 8.29. The maximum Gasteiger partial charge on any atom is 0.271 e. The highest BCUT2D eigenvalue weighted by Gasteiger charge is 2.32. The SMILES string of the molecule is COc1ccc(C2CCCN2C(=O)c2cc(-c3csc(C)n3)cn2C)cc1C. The standard InChI is InChI=1S/C22H25N3O2S/c1-14-10-16(7-8-21(14)27-4)19-6-5-9-25(19)22(26)20-11-17(12-24(20)3)18-13-28-15(2)23-18/h7-8,10-13,19H,5-6,9H2,1-4H3. The molecule has 1 aromatic carbocycles. The molecule has 6 heteroatoms. The number of methoxy groups -OCH3 is 1. The second-order valence-electron chi connectivity index (χ2n) is 7.36. The van der Waals surface area contributed by atoms with Crippen molar-refractivity contribution in [2.24, 2.45) is 7.05 Å². The van der Waals surface area contributed by atoms with E-state index in [1.54, 1.807) is 18.4 Å². The number of nitrogens with zero attached hydrogens (tertiary/aromatic N) is 3. The molecule has 0 spiro atoms. The highest BCUT2D eigenvalue weighted by atomic mass is 32.1. The lowest BCUT2D eigenvalue weighted by Crippen LogP contribution is -2.31. The van der Waals surface area contributed by atoms with Crippen LogP contribution in [0.15, 0.2) is 35.8 Å². The van der Waals surface area contributed by atoms with Crippen molar-refractivity contribution in [3.05, 3.63) is 57.7 Å². The lowest BCUT2D eigenvalue weighted by molar-refractivity contribution is 0.0726. The Kier molecular flexibility index (Phi) is 4.98. The zero-order chi connectivity index (χ0) is 19.8. The van der Waals surface area contributed by atoms with E-state index < -0.39 is 0 Å². The fraction of sp³-hybridized carbons (Fsp3) is 0.364. The summed E-state index contributed by atoms with van der Waals surface area (Å²) in [5, 5.41) is 3.07. The van der Waals surface area contributed by atoms with E-state index in [1.165, 1.54) is 5.56 Å². The second-order valence-corrected chi connectivity index (χ2v) is 8.42. The molecule has 1 atom stereocenters. The van der Waals surface area contributed by atoms with Crippen LogP contribution in [-0.4, -0.2) is 34.0 Å². The molecular weight excluding hydrogens is 370 g/mol. The number of aryl methyl sites for hydroxylation is 3. The summed E-state index contributed by atoms with van der Waals surface area (Å²) in [6.07, 6.45) is 3.99. The highest BCUT2D eigenvalue weighted by molar-refractivity contribution is 7.09. The number of hydrogen-bond acceptors (Lipinski definition) is 4. The number of carbonyl (C=O) groups is 1. The summed E-state index contributed by atoms with van der Waals surface area (Å²) < 4.78 is 7.30. The molecule has 0 bridgehead atoms. The Morgan fingerprint density at radius 1 is 1.29 bits per heavy atom. The Balaban J connectivity index is 1.62. The van der Waals surface area contributed by atoms with E-state index >= 15 is 0 Å². The number of ether oxygens (including phenoxy) is 1. The normalized spacial score (nSPS) is 16.6. The average molecular weight is 396 g/mol. The zero-order valence-electron chi connectivity index (χ0n) is 16.7. The molecule has 3 aromatic rings. The van der Waals surface area contributed by atoms with Crippen molar-refractivity contribution in [2.75, 3.05) is 13.7 Å². The molecule has 0 N–H and O–H groups in total. The molecule has 0 radical (unpaired) electrons. The smallest absolute Gasteiger partial charge is 0.271 e. The van der Waals surface area contributed by atoms with Gasteiger partial charge in [0.25, 0.3) is 5.91 Å². The highest BCUT2D eigenvalue weighted by Crippen LogP contribution is 2.35. The largest absolute Gasteiger partial charge is 0.496 e. The van der Waals surface area contributed by atoms with Crippen molar-refractivity contribution in [3.63, 3.8) is 0 Å². The third kappa shape index (κ3) is 3.33. The predicted molar refractivity (Wildman–Crippen MR) is 112 cm³/mol. The first-order valence-corrected chi connectivity index (χ1v) is 10.4. The van der Waals surface area contributed by atoms with Crippen molar-refractivity contribution in [2.45, 2.75) is 32.7 Å². The first-order valence-electron chi connectivity index (χ1n) is 9.52. The Bertz CT molecular complexity index is 1020. The summed E-state index contributed by atoms with van der Waals surface area (Å²) in [5.74, 6) is 0.960. The summed E-state index contributed by atoms with van der Waals surface area (Å²) in [7, 11) is 3.61. The van der Waals surface area contributed by atoms with Gasteiger partial charge in [-0.05, 0) is 49.9 Å². The van der Waals surface area contributed by atoms with Crippen molar-refractivity contribution < 1.29 is 9.53 Å². The topological polar surface area (TPSA) is 47.4 Å². The van der Waals surface area contributed by atoms with Crippen LogP contribution in [0.1, 0.15) is 45.5 Å². The summed E-state index contributed by atoms with van der Waals surface area (Å²) in [5.41, 5.74) is 4.90. The van der Waals surface area contributed by atoms with E-state index in [2.05, 4.69) is 17.1 Å². The number of thiazole rings is 1. The van der Waals surface area contributed by atoms with Gasteiger partial charge in [-0.2, -0.15) is 0 Å². The van der Waals surface area contributed by atoms with Crippen LogP contribution in [0.2, 0.25) is 0 Å². The van der Waals surface area contributed by atoms with Crippen LogP contribution in [-0.2, 0) is 7.05 Å². The monoisotopic (exact) mass is 395 g/mol. The van der Waals surface area contributed by atoms with Crippen molar-refractivity contribution in [3.8, 4) is 17.0 Å². The van der Waals surface area contributed by atoms with Crippen molar-refractivity contribution in [1.82, 2.24) is 14.5 Å². The molecule has 1 unspecified atom stereocenters. The number of rotatable bonds is 4. The van der Waals surface area contributed by atoms with Gasteiger partial charge in [-0.1, -0.05) is 12.1 Å². The zero-order valence-corrected chi connectivity index (χ0v) is 17.5. The van der Waals surface area contributed by atoms with Crippen molar-refractivity contribution in [1.29, 1.82) is 0 Å². The molecule has 0 aliphatic carbocycles. The Hall–Kier alpha value is -2.60. The Morgan fingerprint density at radius 2 is 2.11 bits per heavy atom. The molecule has 1 fully saturated rings. The number of hydrogen-bond donors (Lipinski definition) is 0. The van der Waals surface area contributed by atoms with E-state index in [0.717, 1.165) is 47.0 Å². The van der Waals surface area contributed by atoms with Gasteiger partial charge in [-0.15, -0.1) is 11.3 Å². The maximum atomic E-state index is 13.4. The van der Waals surface area contributed by atoms with Gasteiger partial charge in [0.05, 0.1) is 23.9 Å². The van der Waals surface area contributed by atoms with Crippen LogP contribution in [0.5, 0.6) is 5.75 Å². The van der Waals surface area contributed by atoms with Gasteiger partial charge in [0.2, 0.25) is 0 Å². The summed E-state index contributed by atoms with van der Waals surface area (Å²) >= 11 is 1.62. The molecule has 1 aliphatic rings. The lowest BCUT2D eigenvalue weighted by atomic mass is 10.0. The molecule has 0 saturated carbocycles. The molecule has 2 aromatic heterocycles. The molecular formula is C22H25N3O2S. The third-order valence-corrected chi connectivity index (χ3v) is 6.23. The lowest BCUT2D eigenvalue weighted by Gasteiger charge is -2.26. The van der Waals surface area contributed by atoms with Crippen LogP contribution in [0.4, 0.5) is 0 Å². The van der Waals surface area contributed by atoms with E-state index in [1.807, 2.05) is 54.1 Å². The Labute approximate surface area is 169 Å². The molecule has 146 valence electrons.